The molecule has 2 rings (SSSR count). The Bertz CT molecular complexity index is 361. The van der Waals surface area contributed by atoms with E-state index in [4.69, 9.17) is 5.11 Å². The predicted octanol–water partition coefficient (Wildman–Crippen LogP) is 1.17. The molecule has 15 heavy (non-hydrogen) atoms. The third-order valence-electron chi connectivity index (χ3n) is 2.58. The number of carboxylic acid groups (broad SMARTS) is 1. The molecule has 0 bridgehead atoms. The van der Waals surface area contributed by atoms with Crippen molar-refractivity contribution < 1.29 is 9.90 Å². The molecule has 1 aromatic rings. The number of aromatic carboxylic acids is 1. The summed E-state index contributed by atoms with van der Waals surface area (Å²) in [6.07, 6.45) is 5.19. The molecule has 5 heteroatoms. The standard InChI is InChI=1S/C10H13N3O2/c14-10(15)9-6-8(7-11-12-9)13-4-2-1-3-5-13/h6-7H,1-5H2,(H,14,15). The minimum atomic E-state index is -1.03. The molecule has 1 aliphatic rings. The largest absolute Gasteiger partial charge is 0.476 e. The number of carbonyl (C=O) groups is 1. The van der Waals surface area contributed by atoms with Crippen LogP contribution in [0.5, 0.6) is 0 Å². The molecule has 80 valence electrons. The fraction of sp³-hybridized carbons (Fsp3) is 0.500. The van der Waals surface area contributed by atoms with Gasteiger partial charge >= 0.3 is 5.97 Å². The van der Waals surface area contributed by atoms with Crippen LogP contribution in [0.15, 0.2) is 12.3 Å². The molecule has 0 saturated carbocycles. The molecular weight excluding hydrogens is 194 g/mol. The molecule has 0 atom stereocenters. The van der Waals surface area contributed by atoms with Crippen LogP contribution >= 0.6 is 0 Å². The van der Waals surface area contributed by atoms with E-state index in [0.29, 0.717) is 0 Å². The van der Waals surface area contributed by atoms with Crippen molar-refractivity contribution >= 4 is 11.7 Å². The zero-order valence-corrected chi connectivity index (χ0v) is 8.39. The Morgan fingerprint density at radius 2 is 2.07 bits per heavy atom. The van der Waals surface area contributed by atoms with Gasteiger partial charge in [-0.25, -0.2) is 4.79 Å². The van der Waals surface area contributed by atoms with Crippen molar-refractivity contribution in [3.05, 3.63) is 18.0 Å². The Balaban J connectivity index is 2.19. The van der Waals surface area contributed by atoms with Gasteiger partial charge in [0, 0.05) is 13.1 Å². The van der Waals surface area contributed by atoms with Crippen LogP contribution in [-0.4, -0.2) is 34.4 Å². The van der Waals surface area contributed by atoms with Gasteiger partial charge in [-0.2, -0.15) is 5.10 Å². The number of carboxylic acids is 1. The van der Waals surface area contributed by atoms with E-state index in [2.05, 4.69) is 15.1 Å². The molecule has 1 saturated heterocycles. The minimum absolute atomic E-state index is 0.0121. The predicted molar refractivity (Wildman–Crippen MR) is 55.1 cm³/mol. The molecule has 0 unspecified atom stereocenters. The topological polar surface area (TPSA) is 66.3 Å². The maximum absolute atomic E-state index is 10.7. The van der Waals surface area contributed by atoms with E-state index in [9.17, 15) is 4.79 Å². The number of anilines is 1. The van der Waals surface area contributed by atoms with Crippen LogP contribution in [0.2, 0.25) is 0 Å². The minimum Gasteiger partial charge on any atom is -0.476 e. The second kappa shape index (κ2) is 4.25. The summed E-state index contributed by atoms with van der Waals surface area (Å²) < 4.78 is 0. The zero-order valence-electron chi connectivity index (χ0n) is 8.39. The summed E-state index contributed by atoms with van der Waals surface area (Å²) in [6.45, 7) is 1.95. The maximum atomic E-state index is 10.7. The Kier molecular flexibility index (Phi) is 2.80. The Labute approximate surface area is 87.7 Å². The molecule has 0 aromatic carbocycles. The van der Waals surface area contributed by atoms with Gasteiger partial charge in [0.25, 0.3) is 0 Å². The highest BCUT2D eigenvalue weighted by Crippen LogP contribution is 2.18. The van der Waals surface area contributed by atoms with Gasteiger partial charge in [-0.05, 0) is 25.3 Å². The molecule has 0 radical (unpaired) electrons. The Hall–Kier alpha value is -1.65. The molecule has 0 spiro atoms. The quantitative estimate of drug-likeness (QED) is 0.788. The van der Waals surface area contributed by atoms with E-state index in [-0.39, 0.29) is 5.69 Å². The van der Waals surface area contributed by atoms with Crippen LogP contribution in [0, 0.1) is 0 Å². The van der Waals surface area contributed by atoms with Gasteiger partial charge in [0.2, 0.25) is 0 Å². The van der Waals surface area contributed by atoms with Gasteiger partial charge < -0.3 is 10.0 Å². The average molecular weight is 207 g/mol. The van der Waals surface area contributed by atoms with E-state index in [1.165, 1.54) is 6.42 Å². The highest BCUT2D eigenvalue weighted by molar-refractivity contribution is 5.86. The number of aromatic nitrogens is 2. The van der Waals surface area contributed by atoms with Crippen LogP contribution in [0.1, 0.15) is 29.8 Å². The first kappa shape index (κ1) is 9.89. The molecular formula is C10H13N3O2. The van der Waals surface area contributed by atoms with Gasteiger partial charge in [-0.3, -0.25) is 0 Å². The molecule has 5 nitrogen and oxygen atoms in total. The van der Waals surface area contributed by atoms with Gasteiger partial charge in [-0.15, -0.1) is 5.10 Å². The van der Waals surface area contributed by atoms with Crippen LogP contribution in [0.3, 0.4) is 0 Å². The third kappa shape index (κ3) is 2.23. The molecule has 1 fully saturated rings. The summed E-state index contributed by atoms with van der Waals surface area (Å²) in [4.78, 5) is 12.9. The second-order valence-electron chi connectivity index (χ2n) is 3.65. The molecule has 0 amide bonds. The Morgan fingerprint density at radius 1 is 1.33 bits per heavy atom. The first-order chi connectivity index (χ1) is 7.27. The second-order valence-corrected chi connectivity index (χ2v) is 3.65. The van der Waals surface area contributed by atoms with Crippen molar-refractivity contribution in [1.29, 1.82) is 0 Å². The van der Waals surface area contributed by atoms with Gasteiger partial charge in [0.15, 0.2) is 5.69 Å². The van der Waals surface area contributed by atoms with Crippen molar-refractivity contribution in [2.24, 2.45) is 0 Å². The molecule has 1 aliphatic heterocycles. The van der Waals surface area contributed by atoms with Crippen LogP contribution in [-0.2, 0) is 0 Å². The summed E-state index contributed by atoms with van der Waals surface area (Å²) in [5, 5.41) is 16.1. The molecule has 1 N–H and O–H groups in total. The monoisotopic (exact) mass is 207 g/mol. The van der Waals surface area contributed by atoms with Crippen molar-refractivity contribution in [2.45, 2.75) is 19.3 Å². The van der Waals surface area contributed by atoms with Crippen LogP contribution < -0.4 is 4.90 Å². The SMILES string of the molecule is O=C(O)c1cc(N2CCCCC2)cnn1. The van der Waals surface area contributed by atoms with E-state index >= 15 is 0 Å². The van der Waals surface area contributed by atoms with Crippen molar-refractivity contribution in [1.82, 2.24) is 10.2 Å². The zero-order chi connectivity index (χ0) is 10.7. The number of hydrogen-bond donors (Lipinski definition) is 1. The van der Waals surface area contributed by atoms with Crippen molar-refractivity contribution in [2.75, 3.05) is 18.0 Å². The molecule has 2 heterocycles. The summed E-state index contributed by atoms with van der Waals surface area (Å²) >= 11 is 0. The number of hydrogen-bond acceptors (Lipinski definition) is 4. The van der Waals surface area contributed by atoms with Gasteiger partial charge in [0.05, 0.1) is 11.9 Å². The fourth-order valence-electron chi connectivity index (χ4n) is 1.79. The van der Waals surface area contributed by atoms with Crippen molar-refractivity contribution in [3.63, 3.8) is 0 Å². The first-order valence-electron chi connectivity index (χ1n) is 5.08. The normalized spacial score (nSPS) is 16.4. The lowest BCUT2D eigenvalue weighted by Gasteiger charge is -2.28. The maximum Gasteiger partial charge on any atom is 0.356 e. The van der Waals surface area contributed by atoms with Crippen LogP contribution in [0.4, 0.5) is 5.69 Å². The van der Waals surface area contributed by atoms with Gasteiger partial charge in [0.1, 0.15) is 0 Å². The van der Waals surface area contributed by atoms with Crippen molar-refractivity contribution in [3.8, 4) is 0 Å². The molecule has 1 aromatic heterocycles. The lowest BCUT2D eigenvalue weighted by atomic mass is 10.1. The number of piperidine rings is 1. The average Bonchev–Trinajstić information content (AvgIpc) is 2.30. The molecule has 0 aliphatic carbocycles. The summed E-state index contributed by atoms with van der Waals surface area (Å²) in [7, 11) is 0. The lowest BCUT2D eigenvalue weighted by Crippen LogP contribution is -2.29. The lowest BCUT2D eigenvalue weighted by molar-refractivity contribution is 0.0689. The highest BCUT2D eigenvalue weighted by Gasteiger charge is 2.13. The van der Waals surface area contributed by atoms with Crippen LogP contribution in [0.25, 0.3) is 0 Å². The summed E-state index contributed by atoms with van der Waals surface area (Å²) in [6, 6.07) is 1.58. The number of rotatable bonds is 2. The summed E-state index contributed by atoms with van der Waals surface area (Å²) in [5.41, 5.74) is 0.875. The Morgan fingerprint density at radius 3 is 2.73 bits per heavy atom. The van der Waals surface area contributed by atoms with E-state index in [1.54, 1.807) is 12.3 Å². The van der Waals surface area contributed by atoms with E-state index in [0.717, 1.165) is 31.6 Å². The van der Waals surface area contributed by atoms with E-state index in [1.807, 2.05) is 0 Å². The third-order valence-corrected chi connectivity index (χ3v) is 2.58. The smallest absolute Gasteiger partial charge is 0.356 e. The highest BCUT2D eigenvalue weighted by atomic mass is 16.4. The van der Waals surface area contributed by atoms with Gasteiger partial charge in [-0.1, -0.05) is 0 Å². The number of nitrogens with zero attached hydrogens (tertiary/aromatic N) is 3. The fourth-order valence-corrected chi connectivity index (χ4v) is 1.79. The van der Waals surface area contributed by atoms with E-state index < -0.39 is 5.97 Å². The summed E-state index contributed by atoms with van der Waals surface area (Å²) in [5.74, 6) is -1.03. The first-order valence-corrected chi connectivity index (χ1v) is 5.08.